The number of rotatable bonds is 46. The van der Waals surface area contributed by atoms with E-state index in [2.05, 4.69) is 19.2 Å². The van der Waals surface area contributed by atoms with Crippen molar-refractivity contribution in [1.82, 2.24) is 5.32 Å². The molecule has 4 unspecified atom stereocenters. The van der Waals surface area contributed by atoms with E-state index < -0.39 is 36.9 Å². The van der Waals surface area contributed by atoms with Gasteiger partial charge in [-0.3, -0.25) is 4.79 Å². The summed E-state index contributed by atoms with van der Waals surface area (Å²) in [5.74, 6) is -0.583. The smallest absolute Gasteiger partial charge is 0.249 e. The third-order valence-corrected chi connectivity index (χ3v) is 12.1. The number of amides is 1. The van der Waals surface area contributed by atoms with E-state index in [0.717, 1.165) is 38.5 Å². The molecular formula is C49H99NO5. The summed E-state index contributed by atoms with van der Waals surface area (Å²) in [5.41, 5.74) is 0. The van der Waals surface area contributed by atoms with E-state index in [1.807, 2.05) is 0 Å². The fraction of sp³-hybridized carbons (Fsp3) is 0.980. The molecule has 0 heterocycles. The number of carbonyl (C=O) groups is 1. The third kappa shape index (κ3) is 38.6. The predicted molar refractivity (Wildman–Crippen MR) is 238 cm³/mol. The Morgan fingerprint density at radius 1 is 0.382 bits per heavy atom. The highest BCUT2D eigenvalue weighted by atomic mass is 16.3. The standard InChI is InChI=1S/C49H99NO5/c1-3-5-7-9-11-13-14-15-16-17-18-19-20-21-22-23-24-25-26-27-28-29-30-31-32-33-35-36-38-40-42-46(52)48(54)45(44-51)50-49(55)47(53)43-41-39-37-34-12-10-8-6-4-2/h45-48,51-54H,3-44H2,1-2H3,(H,50,55). The molecule has 0 aliphatic carbocycles. The first kappa shape index (κ1) is 54.3. The Hall–Kier alpha value is -0.690. The minimum absolute atomic E-state index is 0.373. The summed E-state index contributed by atoms with van der Waals surface area (Å²) in [5, 5.41) is 43.6. The van der Waals surface area contributed by atoms with E-state index in [0.29, 0.717) is 12.8 Å². The fourth-order valence-corrected chi connectivity index (χ4v) is 8.11. The minimum Gasteiger partial charge on any atom is -0.394 e. The van der Waals surface area contributed by atoms with Crippen LogP contribution in [0.1, 0.15) is 277 Å². The third-order valence-electron chi connectivity index (χ3n) is 12.1. The van der Waals surface area contributed by atoms with Gasteiger partial charge in [0, 0.05) is 0 Å². The van der Waals surface area contributed by atoms with Crippen molar-refractivity contribution in [2.75, 3.05) is 6.61 Å². The van der Waals surface area contributed by atoms with Gasteiger partial charge >= 0.3 is 0 Å². The first-order valence-corrected chi connectivity index (χ1v) is 24.9. The van der Waals surface area contributed by atoms with Crippen molar-refractivity contribution in [3.8, 4) is 0 Å². The van der Waals surface area contributed by atoms with Crippen molar-refractivity contribution in [1.29, 1.82) is 0 Å². The molecule has 0 saturated carbocycles. The molecule has 0 aromatic carbocycles. The van der Waals surface area contributed by atoms with E-state index >= 15 is 0 Å². The molecule has 0 aromatic rings. The molecule has 0 aliphatic rings. The van der Waals surface area contributed by atoms with Crippen LogP contribution in [0.5, 0.6) is 0 Å². The van der Waals surface area contributed by atoms with Gasteiger partial charge in [0.2, 0.25) is 5.91 Å². The van der Waals surface area contributed by atoms with Gasteiger partial charge in [0.05, 0.1) is 18.8 Å². The zero-order chi connectivity index (χ0) is 40.3. The number of hydrogen-bond donors (Lipinski definition) is 5. The van der Waals surface area contributed by atoms with Crippen LogP contribution in [-0.2, 0) is 4.79 Å². The molecule has 4 atom stereocenters. The molecule has 0 aliphatic heterocycles. The highest BCUT2D eigenvalue weighted by Gasteiger charge is 2.28. The average Bonchev–Trinajstić information content (AvgIpc) is 3.19. The van der Waals surface area contributed by atoms with Crippen LogP contribution in [0.4, 0.5) is 0 Å². The van der Waals surface area contributed by atoms with Crippen molar-refractivity contribution in [2.24, 2.45) is 0 Å². The lowest BCUT2D eigenvalue weighted by molar-refractivity contribution is -0.132. The van der Waals surface area contributed by atoms with Crippen LogP contribution in [-0.4, -0.2) is 57.3 Å². The van der Waals surface area contributed by atoms with Gasteiger partial charge in [-0.05, 0) is 12.8 Å². The Balaban J connectivity index is 3.51. The van der Waals surface area contributed by atoms with Gasteiger partial charge in [0.1, 0.15) is 12.2 Å². The monoisotopic (exact) mass is 782 g/mol. The second-order valence-electron chi connectivity index (χ2n) is 17.5. The van der Waals surface area contributed by atoms with E-state index in [1.165, 1.54) is 212 Å². The highest BCUT2D eigenvalue weighted by Crippen LogP contribution is 2.18. The molecule has 0 saturated heterocycles. The Labute approximate surface area is 343 Å². The highest BCUT2D eigenvalue weighted by molar-refractivity contribution is 5.80. The van der Waals surface area contributed by atoms with Crippen LogP contribution >= 0.6 is 0 Å². The maximum atomic E-state index is 12.4. The second-order valence-corrected chi connectivity index (χ2v) is 17.5. The van der Waals surface area contributed by atoms with Crippen molar-refractivity contribution >= 4 is 5.91 Å². The number of carbonyl (C=O) groups excluding carboxylic acids is 1. The summed E-state index contributed by atoms with van der Waals surface area (Å²) in [6.07, 6.45) is 49.0. The molecular weight excluding hydrogens is 683 g/mol. The van der Waals surface area contributed by atoms with Crippen molar-refractivity contribution in [3.05, 3.63) is 0 Å². The van der Waals surface area contributed by atoms with Gasteiger partial charge in [0.15, 0.2) is 0 Å². The first-order valence-electron chi connectivity index (χ1n) is 24.9. The van der Waals surface area contributed by atoms with Gasteiger partial charge in [0.25, 0.3) is 0 Å². The Bertz CT molecular complexity index is 751. The molecule has 6 nitrogen and oxygen atoms in total. The zero-order valence-corrected chi connectivity index (χ0v) is 37.2. The van der Waals surface area contributed by atoms with E-state index in [9.17, 15) is 25.2 Å². The van der Waals surface area contributed by atoms with E-state index in [-0.39, 0.29) is 0 Å². The molecule has 1 amide bonds. The Morgan fingerprint density at radius 2 is 0.618 bits per heavy atom. The summed E-state index contributed by atoms with van der Waals surface area (Å²) in [4.78, 5) is 12.4. The lowest BCUT2D eigenvalue weighted by atomic mass is 9.99. The van der Waals surface area contributed by atoms with Gasteiger partial charge in [-0.15, -0.1) is 0 Å². The van der Waals surface area contributed by atoms with Gasteiger partial charge < -0.3 is 25.7 Å². The number of hydrogen-bond acceptors (Lipinski definition) is 5. The lowest BCUT2D eigenvalue weighted by Gasteiger charge is -2.27. The number of nitrogens with one attached hydrogen (secondary N) is 1. The first-order chi connectivity index (χ1) is 27.0. The molecule has 55 heavy (non-hydrogen) atoms. The fourth-order valence-electron chi connectivity index (χ4n) is 8.11. The van der Waals surface area contributed by atoms with Crippen LogP contribution < -0.4 is 5.32 Å². The number of aliphatic hydroxyl groups excluding tert-OH is 4. The largest absolute Gasteiger partial charge is 0.394 e. The topological polar surface area (TPSA) is 110 Å². The summed E-state index contributed by atoms with van der Waals surface area (Å²) in [6.45, 7) is 4.04. The van der Waals surface area contributed by atoms with Crippen LogP contribution in [0.2, 0.25) is 0 Å². The van der Waals surface area contributed by atoms with E-state index in [1.54, 1.807) is 0 Å². The van der Waals surface area contributed by atoms with Crippen LogP contribution in [0.3, 0.4) is 0 Å². The quantitative estimate of drug-likeness (QED) is 0.0395. The molecule has 6 heteroatoms. The summed E-state index contributed by atoms with van der Waals surface area (Å²) < 4.78 is 0. The molecule has 330 valence electrons. The summed E-state index contributed by atoms with van der Waals surface area (Å²) in [7, 11) is 0. The summed E-state index contributed by atoms with van der Waals surface area (Å²) in [6, 6.07) is -0.978. The molecule has 0 bridgehead atoms. The van der Waals surface area contributed by atoms with Crippen LogP contribution in [0, 0.1) is 0 Å². The van der Waals surface area contributed by atoms with Crippen LogP contribution in [0.25, 0.3) is 0 Å². The predicted octanol–water partition coefficient (Wildman–Crippen LogP) is 13.6. The Kier molecular flexibility index (Phi) is 43.9. The number of aliphatic hydroxyl groups is 4. The molecule has 0 radical (unpaired) electrons. The summed E-state index contributed by atoms with van der Waals surface area (Å²) >= 11 is 0. The van der Waals surface area contributed by atoms with Crippen LogP contribution in [0.15, 0.2) is 0 Å². The molecule has 0 fully saturated rings. The van der Waals surface area contributed by atoms with Gasteiger partial charge in [-0.2, -0.15) is 0 Å². The van der Waals surface area contributed by atoms with Gasteiger partial charge in [-0.1, -0.05) is 264 Å². The zero-order valence-electron chi connectivity index (χ0n) is 37.2. The van der Waals surface area contributed by atoms with Gasteiger partial charge in [-0.25, -0.2) is 0 Å². The van der Waals surface area contributed by atoms with Crippen molar-refractivity contribution < 1.29 is 25.2 Å². The maximum Gasteiger partial charge on any atom is 0.249 e. The maximum absolute atomic E-state index is 12.4. The second kappa shape index (κ2) is 44.4. The minimum atomic E-state index is -1.25. The molecule has 5 N–H and O–H groups in total. The SMILES string of the molecule is CCCCCCCCCCCCCCCCCCCCCCCCCCCCCCCCC(O)C(O)C(CO)NC(=O)C(O)CCCCCCCCCCC. The molecule has 0 rings (SSSR count). The lowest BCUT2D eigenvalue weighted by Crippen LogP contribution is -2.53. The number of unbranched alkanes of at least 4 members (excludes halogenated alkanes) is 37. The normalized spacial score (nSPS) is 13.9. The molecule has 0 aromatic heterocycles. The average molecular weight is 782 g/mol. The van der Waals surface area contributed by atoms with Crippen molar-refractivity contribution in [3.63, 3.8) is 0 Å². The Morgan fingerprint density at radius 3 is 0.873 bits per heavy atom. The van der Waals surface area contributed by atoms with E-state index in [4.69, 9.17) is 0 Å². The molecule has 0 spiro atoms. The van der Waals surface area contributed by atoms with Crippen molar-refractivity contribution in [2.45, 2.75) is 301 Å².